The number of ether oxygens (including phenoxy) is 3. The Morgan fingerprint density at radius 2 is 1.67 bits per heavy atom. The van der Waals surface area contributed by atoms with Crippen LogP contribution in [0.5, 0.6) is 17.4 Å². The van der Waals surface area contributed by atoms with E-state index in [1.807, 2.05) is 0 Å². The molecule has 0 saturated heterocycles. The standard InChI is InChI=1S/C18H16Cl5NO3/c19-12-9-15(21)18(24-11-12)27-7-2-1-6-26-16-4-3-13(10-14(16)20)25-8-5-17(22)23/h3-5,9-11H,1-2,6-8H2. The molecular formula is C18H16Cl5NO3. The first-order chi connectivity index (χ1) is 13.0. The van der Waals surface area contributed by atoms with Gasteiger partial charge in [0.2, 0.25) is 5.88 Å². The molecule has 0 N–H and O–H groups in total. The number of halogens is 5. The molecule has 0 fully saturated rings. The zero-order valence-electron chi connectivity index (χ0n) is 14.1. The quantitative estimate of drug-likeness (QED) is 0.351. The minimum Gasteiger partial charge on any atom is -0.492 e. The SMILES string of the molecule is ClC(Cl)=CCOc1ccc(OCCCCOc2ncc(Cl)cc2Cl)c(Cl)c1. The lowest BCUT2D eigenvalue weighted by atomic mass is 10.3. The van der Waals surface area contributed by atoms with Crippen LogP contribution in [0, 0.1) is 0 Å². The largest absolute Gasteiger partial charge is 0.492 e. The Kier molecular flexibility index (Phi) is 9.66. The minimum absolute atomic E-state index is 0.152. The van der Waals surface area contributed by atoms with Gasteiger partial charge in [-0.2, -0.15) is 0 Å². The van der Waals surface area contributed by atoms with Gasteiger partial charge in [0.25, 0.3) is 0 Å². The van der Waals surface area contributed by atoms with E-state index < -0.39 is 0 Å². The predicted molar refractivity (Wildman–Crippen MR) is 111 cm³/mol. The van der Waals surface area contributed by atoms with Crippen molar-refractivity contribution in [1.82, 2.24) is 4.98 Å². The van der Waals surface area contributed by atoms with Gasteiger partial charge >= 0.3 is 0 Å². The normalized spacial score (nSPS) is 10.4. The Morgan fingerprint density at radius 3 is 2.33 bits per heavy atom. The van der Waals surface area contributed by atoms with Crippen LogP contribution in [0.15, 0.2) is 41.0 Å². The van der Waals surface area contributed by atoms with Gasteiger partial charge < -0.3 is 14.2 Å². The number of hydrogen-bond donors (Lipinski definition) is 0. The molecule has 1 aromatic carbocycles. The third-order valence-electron chi connectivity index (χ3n) is 3.20. The van der Waals surface area contributed by atoms with E-state index in [1.54, 1.807) is 24.3 Å². The Hall–Kier alpha value is -1.04. The number of nitrogens with zero attached hydrogens (tertiary/aromatic N) is 1. The van der Waals surface area contributed by atoms with Gasteiger partial charge in [-0.15, -0.1) is 0 Å². The van der Waals surface area contributed by atoms with Crippen LogP contribution in [0.2, 0.25) is 15.1 Å². The average Bonchev–Trinajstić information content (AvgIpc) is 2.60. The van der Waals surface area contributed by atoms with Crippen LogP contribution >= 0.6 is 58.0 Å². The van der Waals surface area contributed by atoms with Crippen molar-refractivity contribution < 1.29 is 14.2 Å². The maximum atomic E-state index is 6.19. The molecule has 0 radical (unpaired) electrons. The second-order valence-electron chi connectivity index (χ2n) is 5.24. The second-order valence-corrected chi connectivity index (χ2v) is 7.50. The summed E-state index contributed by atoms with van der Waals surface area (Å²) in [6.07, 6.45) is 4.57. The van der Waals surface area contributed by atoms with Gasteiger partial charge in [0.1, 0.15) is 27.6 Å². The fraction of sp³-hybridized carbons (Fsp3) is 0.278. The fourth-order valence-electron chi connectivity index (χ4n) is 1.95. The van der Waals surface area contributed by atoms with E-state index in [0.29, 0.717) is 45.7 Å². The van der Waals surface area contributed by atoms with E-state index in [1.165, 1.54) is 12.3 Å². The van der Waals surface area contributed by atoms with Gasteiger partial charge in [0.05, 0.1) is 23.3 Å². The van der Waals surface area contributed by atoms with Gasteiger partial charge in [-0.05, 0) is 37.1 Å². The molecular weight excluding hydrogens is 455 g/mol. The average molecular weight is 472 g/mol. The summed E-state index contributed by atoms with van der Waals surface area (Å²) in [5.41, 5.74) is 0. The zero-order chi connectivity index (χ0) is 19.6. The Balaban J connectivity index is 1.68. The Labute approximate surface area is 182 Å². The monoisotopic (exact) mass is 469 g/mol. The van der Waals surface area contributed by atoms with Crippen molar-refractivity contribution in [2.75, 3.05) is 19.8 Å². The molecule has 1 aromatic heterocycles. The van der Waals surface area contributed by atoms with Crippen molar-refractivity contribution in [2.24, 2.45) is 0 Å². The van der Waals surface area contributed by atoms with Gasteiger partial charge in [0.15, 0.2) is 0 Å². The van der Waals surface area contributed by atoms with Crippen LogP contribution in [-0.4, -0.2) is 24.8 Å². The molecule has 1 heterocycles. The summed E-state index contributed by atoms with van der Waals surface area (Å²) in [6, 6.07) is 6.76. The van der Waals surface area contributed by atoms with E-state index >= 15 is 0 Å². The smallest absolute Gasteiger partial charge is 0.232 e. The van der Waals surface area contributed by atoms with Crippen LogP contribution in [0.1, 0.15) is 12.8 Å². The van der Waals surface area contributed by atoms with Crippen molar-refractivity contribution in [1.29, 1.82) is 0 Å². The molecule has 2 aromatic rings. The lowest BCUT2D eigenvalue weighted by Crippen LogP contribution is -2.04. The highest BCUT2D eigenvalue weighted by molar-refractivity contribution is 6.55. The van der Waals surface area contributed by atoms with E-state index in [-0.39, 0.29) is 11.1 Å². The van der Waals surface area contributed by atoms with E-state index in [0.717, 1.165) is 12.8 Å². The van der Waals surface area contributed by atoms with Crippen molar-refractivity contribution in [2.45, 2.75) is 12.8 Å². The number of unbranched alkanes of at least 4 members (excludes halogenated alkanes) is 1. The second kappa shape index (κ2) is 11.7. The highest BCUT2D eigenvalue weighted by Crippen LogP contribution is 2.29. The summed E-state index contributed by atoms with van der Waals surface area (Å²) in [6.45, 7) is 1.22. The summed E-state index contributed by atoms with van der Waals surface area (Å²) in [5, 5.41) is 1.31. The van der Waals surface area contributed by atoms with Crippen molar-refractivity contribution >= 4 is 58.0 Å². The lowest BCUT2D eigenvalue weighted by Gasteiger charge is -2.10. The van der Waals surface area contributed by atoms with Crippen LogP contribution in [0.25, 0.3) is 0 Å². The first-order valence-electron chi connectivity index (χ1n) is 7.96. The zero-order valence-corrected chi connectivity index (χ0v) is 17.8. The first kappa shape index (κ1) is 22.3. The Bertz CT molecular complexity index is 782. The molecule has 0 aliphatic rings. The van der Waals surface area contributed by atoms with Crippen LogP contribution in [0.4, 0.5) is 0 Å². The number of rotatable bonds is 10. The van der Waals surface area contributed by atoms with Crippen LogP contribution in [-0.2, 0) is 0 Å². The molecule has 0 aliphatic carbocycles. The molecule has 0 bridgehead atoms. The van der Waals surface area contributed by atoms with Gasteiger partial charge in [-0.25, -0.2) is 4.98 Å². The van der Waals surface area contributed by atoms with Gasteiger partial charge in [0, 0.05) is 12.3 Å². The number of hydrogen-bond acceptors (Lipinski definition) is 4. The molecule has 27 heavy (non-hydrogen) atoms. The van der Waals surface area contributed by atoms with Gasteiger partial charge in [-0.1, -0.05) is 58.0 Å². The van der Waals surface area contributed by atoms with E-state index in [9.17, 15) is 0 Å². The third-order valence-corrected chi connectivity index (χ3v) is 4.28. The maximum Gasteiger partial charge on any atom is 0.232 e. The lowest BCUT2D eigenvalue weighted by molar-refractivity contribution is 0.261. The highest BCUT2D eigenvalue weighted by atomic mass is 35.5. The third kappa shape index (κ3) is 8.24. The molecule has 0 unspecified atom stereocenters. The summed E-state index contributed by atoms with van der Waals surface area (Å²) >= 11 is 29.0. The van der Waals surface area contributed by atoms with Crippen molar-refractivity contribution in [3.8, 4) is 17.4 Å². The fourth-order valence-corrected chi connectivity index (χ4v) is 2.74. The molecule has 0 saturated carbocycles. The van der Waals surface area contributed by atoms with Crippen molar-refractivity contribution in [3.63, 3.8) is 0 Å². The molecule has 2 rings (SSSR count). The van der Waals surface area contributed by atoms with E-state index in [4.69, 9.17) is 72.2 Å². The maximum absolute atomic E-state index is 6.19. The van der Waals surface area contributed by atoms with Gasteiger partial charge in [-0.3, -0.25) is 0 Å². The Morgan fingerprint density at radius 1 is 0.926 bits per heavy atom. The molecule has 0 atom stereocenters. The summed E-state index contributed by atoms with van der Waals surface area (Å²) in [5.74, 6) is 1.54. The molecule has 0 spiro atoms. The number of benzene rings is 1. The highest BCUT2D eigenvalue weighted by Gasteiger charge is 2.06. The molecule has 9 heteroatoms. The van der Waals surface area contributed by atoms with Crippen molar-refractivity contribution in [3.05, 3.63) is 56.1 Å². The topological polar surface area (TPSA) is 40.6 Å². The molecule has 4 nitrogen and oxygen atoms in total. The predicted octanol–water partition coefficient (Wildman–Crippen LogP) is 6.98. The van der Waals surface area contributed by atoms with E-state index in [2.05, 4.69) is 4.98 Å². The van der Waals surface area contributed by atoms with Crippen LogP contribution in [0.3, 0.4) is 0 Å². The molecule has 146 valence electrons. The summed E-state index contributed by atoms with van der Waals surface area (Å²) in [7, 11) is 0. The number of aromatic nitrogens is 1. The first-order valence-corrected chi connectivity index (χ1v) is 9.85. The molecule has 0 aliphatic heterocycles. The minimum atomic E-state index is 0.152. The summed E-state index contributed by atoms with van der Waals surface area (Å²) in [4.78, 5) is 4.03. The number of pyridine rings is 1. The van der Waals surface area contributed by atoms with Crippen LogP contribution < -0.4 is 14.2 Å². The molecule has 0 amide bonds. The summed E-state index contributed by atoms with van der Waals surface area (Å²) < 4.78 is 16.8.